The van der Waals surface area contributed by atoms with E-state index in [9.17, 15) is 20.2 Å². The smallest absolute Gasteiger partial charge is 0.317 e. The van der Waals surface area contributed by atoms with E-state index in [-0.39, 0.29) is 31.3 Å². The van der Waals surface area contributed by atoms with Crippen LogP contribution in [0.2, 0.25) is 0 Å². The molecule has 1 aromatic carbocycles. The first kappa shape index (κ1) is 14.4. The van der Waals surface area contributed by atoms with Crippen molar-refractivity contribution in [1.82, 2.24) is 0 Å². The second-order valence-electron chi connectivity index (χ2n) is 3.27. The van der Waals surface area contributed by atoms with Crippen LogP contribution in [0.3, 0.4) is 0 Å². The Bertz CT molecular complexity index is 522. The molecule has 8 nitrogen and oxygen atoms in total. The van der Waals surface area contributed by atoms with E-state index < -0.39 is 15.5 Å². The highest BCUT2D eigenvalue weighted by molar-refractivity contribution is 5.53. The minimum absolute atomic E-state index is 0.0556. The molecule has 0 saturated heterocycles. The summed E-state index contributed by atoms with van der Waals surface area (Å²) in [7, 11) is 0. The molecule has 100 valence electrons. The van der Waals surface area contributed by atoms with E-state index in [0.717, 1.165) is 12.1 Å². The Labute approximate surface area is 108 Å². The lowest BCUT2D eigenvalue weighted by atomic mass is 10.2. The monoisotopic (exact) mass is 266 g/mol. The number of nitro groups is 2. The summed E-state index contributed by atoms with van der Waals surface area (Å²) in [6, 6.07) is 3.15. The first-order valence-electron chi connectivity index (χ1n) is 5.13. The maximum atomic E-state index is 10.8. The van der Waals surface area contributed by atoms with Gasteiger partial charge in [-0.1, -0.05) is 5.92 Å². The van der Waals surface area contributed by atoms with Crippen LogP contribution >= 0.6 is 0 Å². The number of terminal acetylenes is 1. The summed E-state index contributed by atoms with van der Waals surface area (Å²) in [5, 5.41) is 21.3. The fourth-order valence-electron chi connectivity index (χ4n) is 1.23. The third-order valence-electron chi connectivity index (χ3n) is 2.02. The van der Waals surface area contributed by atoms with Gasteiger partial charge in [-0.15, -0.1) is 6.42 Å². The molecule has 0 amide bonds. The summed E-state index contributed by atoms with van der Waals surface area (Å²) in [5.74, 6) is 2.20. The Morgan fingerprint density at radius 1 is 1.21 bits per heavy atom. The van der Waals surface area contributed by atoms with Gasteiger partial charge in [0.15, 0.2) is 5.75 Å². The summed E-state index contributed by atoms with van der Waals surface area (Å²) < 4.78 is 10.0. The lowest BCUT2D eigenvalue weighted by Gasteiger charge is -2.06. The van der Waals surface area contributed by atoms with Gasteiger partial charge < -0.3 is 9.47 Å². The minimum atomic E-state index is -0.745. The average Bonchev–Trinajstić information content (AvgIpc) is 2.38. The summed E-state index contributed by atoms with van der Waals surface area (Å²) in [6.07, 6.45) is 4.96. The molecule has 0 aromatic heterocycles. The van der Waals surface area contributed by atoms with Crippen LogP contribution in [0.5, 0.6) is 5.75 Å². The largest absolute Gasteiger partial charge is 0.484 e. The van der Waals surface area contributed by atoms with E-state index in [1.165, 1.54) is 6.07 Å². The molecule has 0 saturated carbocycles. The van der Waals surface area contributed by atoms with Crippen LogP contribution in [0.25, 0.3) is 0 Å². The van der Waals surface area contributed by atoms with Gasteiger partial charge in [0.2, 0.25) is 0 Å². The number of benzene rings is 1. The number of nitrogens with zero attached hydrogens (tertiary/aromatic N) is 2. The van der Waals surface area contributed by atoms with Gasteiger partial charge in [-0.25, -0.2) is 0 Å². The van der Waals surface area contributed by atoms with Crippen molar-refractivity contribution in [2.75, 3.05) is 19.8 Å². The molecule has 1 aromatic rings. The summed E-state index contributed by atoms with van der Waals surface area (Å²) in [4.78, 5) is 19.8. The van der Waals surface area contributed by atoms with E-state index in [4.69, 9.17) is 15.9 Å². The molecule has 0 spiro atoms. The van der Waals surface area contributed by atoms with Crippen LogP contribution in [0.15, 0.2) is 18.2 Å². The van der Waals surface area contributed by atoms with Crippen molar-refractivity contribution >= 4 is 11.4 Å². The molecule has 0 radical (unpaired) electrons. The number of hydrogen-bond donors (Lipinski definition) is 0. The van der Waals surface area contributed by atoms with Gasteiger partial charge >= 0.3 is 5.69 Å². The van der Waals surface area contributed by atoms with Crippen LogP contribution in [0.1, 0.15) is 0 Å². The number of non-ortho nitro benzene ring substituents is 1. The van der Waals surface area contributed by atoms with Crippen molar-refractivity contribution in [2.24, 2.45) is 0 Å². The molecule has 0 atom stereocenters. The van der Waals surface area contributed by atoms with Crippen molar-refractivity contribution in [1.29, 1.82) is 0 Å². The Balaban J connectivity index is 2.75. The molecule has 1 rings (SSSR count). The predicted octanol–water partition coefficient (Wildman–Crippen LogP) is 1.53. The third-order valence-corrected chi connectivity index (χ3v) is 2.02. The molecule has 0 fully saturated rings. The van der Waals surface area contributed by atoms with Crippen molar-refractivity contribution in [2.45, 2.75) is 0 Å². The average molecular weight is 266 g/mol. The van der Waals surface area contributed by atoms with Gasteiger partial charge in [-0.05, 0) is 6.07 Å². The quantitative estimate of drug-likeness (QED) is 0.321. The fraction of sp³-hybridized carbons (Fsp3) is 0.273. The predicted molar refractivity (Wildman–Crippen MR) is 64.9 cm³/mol. The topological polar surface area (TPSA) is 105 Å². The first-order chi connectivity index (χ1) is 9.06. The highest BCUT2D eigenvalue weighted by Gasteiger charge is 2.20. The second kappa shape index (κ2) is 6.93. The molecular formula is C11H10N2O6. The minimum Gasteiger partial charge on any atom is -0.484 e. The SMILES string of the molecule is C#CCOCCOc1ccc([N+](=O)[O-])cc1[N+](=O)[O-]. The van der Waals surface area contributed by atoms with Crippen molar-refractivity contribution in [3.05, 3.63) is 38.4 Å². The Morgan fingerprint density at radius 3 is 2.53 bits per heavy atom. The van der Waals surface area contributed by atoms with Crippen molar-refractivity contribution in [3.8, 4) is 18.1 Å². The van der Waals surface area contributed by atoms with Gasteiger partial charge in [0.1, 0.15) is 13.2 Å². The zero-order chi connectivity index (χ0) is 14.3. The van der Waals surface area contributed by atoms with Crippen LogP contribution in [-0.2, 0) is 4.74 Å². The zero-order valence-corrected chi connectivity index (χ0v) is 9.77. The van der Waals surface area contributed by atoms with Gasteiger partial charge in [-0.3, -0.25) is 20.2 Å². The normalized spacial score (nSPS) is 9.63. The van der Waals surface area contributed by atoms with E-state index in [0.29, 0.717) is 0 Å². The number of hydrogen-bond acceptors (Lipinski definition) is 6. The molecule has 0 unspecified atom stereocenters. The van der Waals surface area contributed by atoms with Crippen LogP contribution in [-0.4, -0.2) is 29.7 Å². The number of rotatable bonds is 7. The van der Waals surface area contributed by atoms with Crippen LogP contribution in [0.4, 0.5) is 11.4 Å². The molecule has 0 heterocycles. The first-order valence-corrected chi connectivity index (χ1v) is 5.13. The van der Waals surface area contributed by atoms with E-state index in [1.54, 1.807) is 0 Å². The second-order valence-corrected chi connectivity index (χ2v) is 3.27. The Morgan fingerprint density at radius 2 is 1.95 bits per heavy atom. The summed E-state index contributed by atoms with van der Waals surface area (Å²) in [5.41, 5.74) is -0.839. The lowest BCUT2D eigenvalue weighted by Crippen LogP contribution is -2.08. The van der Waals surface area contributed by atoms with Crippen molar-refractivity contribution < 1.29 is 19.3 Å². The Kier molecular flexibility index (Phi) is 5.25. The van der Waals surface area contributed by atoms with E-state index in [1.807, 2.05) is 0 Å². The fourth-order valence-corrected chi connectivity index (χ4v) is 1.23. The maximum Gasteiger partial charge on any atom is 0.317 e. The van der Waals surface area contributed by atoms with Gasteiger partial charge in [-0.2, -0.15) is 0 Å². The molecule has 8 heteroatoms. The standard InChI is InChI=1S/C11H10N2O6/c1-2-5-18-6-7-19-11-4-3-9(12(14)15)8-10(11)13(16)17/h1,3-4,8H,5-7H2. The van der Waals surface area contributed by atoms with E-state index in [2.05, 4.69) is 5.92 Å². The number of ether oxygens (including phenoxy) is 2. The third kappa shape index (κ3) is 4.25. The van der Waals surface area contributed by atoms with Gasteiger partial charge in [0.25, 0.3) is 5.69 Å². The molecule has 19 heavy (non-hydrogen) atoms. The molecule has 0 aliphatic heterocycles. The highest BCUT2D eigenvalue weighted by atomic mass is 16.6. The summed E-state index contributed by atoms with van der Waals surface area (Å²) in [6.45, 7) is 0.338. The van der Waals surface area contributed by atoms with Crippen molar-refractivity contribution in [3.63, 3.8) is 0 Å². The zero-order valence-electron chi connectivity index (χ0n) is 9.77. The maximum absolute atomic E-state index is 10.8. The molecule has 0 aliphatic rings. The molecular weight excluding hydrogens is 256 g/mol. The molecule has 0 aliphatic carbocycles. The van der Waals surface area contributed by atoms with Crippen LogP contribution < -0.4 is 4.74 Å². The Hall–Kier alpha value is -2.66. The highest BCUT2D eigenvalue weighted by Crippen LogP contribution is 2.30. The van der Waals surface area contributed by atoms with Gasteiger partial charge in [0.05, 0.1) is 22.5 Å². The lowest BCUT2D eigenvalue weighted by molar-refractivity contribution is -0.394. The van der Waals surface area contributed by atoms with E-state index >= 15 is 0 Å². The van der Waals surface area contributed by atoms with Gasteiger partial charge in [0, 0.05) is 6.07 Å². The number of nitro benzene ring substituents is 2. The van der Waals surface area contributed by atoms with Crippen LogP contribution in [0, 0.1) is 32.6 Å². The summed E-state index contributed by atoms with van der Waals surface area (Å²) >= 11 is 0. The molecule has 0 bridgehead atoms. The molecule has 0 N–H and O–H groups in total.